The zero-order valence-corrected chi connectivity index (χ0v) is 15.8. The van der Waals surface area contributed by atoms with Crippen LogP contribution in [0.5, 0.6) is 0 Å². The molecule has 1 saturated heterocycles. The van der Waals surface area contributed by atoms with Crippen LogP contribution in [0.2, 0.25) is 0 Å². The molecule has 2 nitrogen and oxygen atoms in total. The molecule has 1 rings (SSSR count). The highest BCUT2D eigenvalue weighted by Gasteiger charge is 2.18. The van der Waals surface area contributed by atoms with Gasteiger partial charge in [-0.15, -0.1) is 0 Å². The van der Waals surface area contributed by atoms with Crippen molar-refractivity contribution >= 4 is 0 Å². The molecule has 1 atom stereocenters. The highest BCUT2D eigenvalue weighted by Crippen LogP contribution is 2.09. The van der Waals surface area contributed by atoms with Crippen molar-refractivity contribution in [1.29, 1.82) is 0 Å². The van der Waals surface area contributed by atoms with Gasteiger partial charge in [0.2, 0.25) is 0 Å². The summed E-state index contributed by atoms with van der Waals surface area (Å²) in [6.45, 7) is 5.89. The van der Waals surface area contributed by atoms with Crippen LogP contribution >= 0.6 is 0 Å². The van der Waals surface area contributed by atoms with Gasteiger partial charge in [0.05, 0.1) is 0 Å². The number of unbranched alkanes of at least 4 members (excludes halogenated alkanes) is 12. The lowest BCUT2D eigenvalue weighted by molar-refractivity contribution is 0.566. The first-order chi connectivity index (χ1) is 11.4. The van der Waals surface area contributed by atoms with E-state index in [-0.39, 0.29) is 0 Å². The number of allylic oxidation sites excluding steroid dienone is 2. The van der Waals surface area contributed by atoms with E-state index >= 15 is 0 Å². The summed E-state index contributed by atoms with van der Waals surface area (Å²) in [5.41, 5.74) is 0. The monoisotopic (exact) mass is 322 g/mol. The molecule has 136 valence electrons. The van der Waals surface area contributed by atoms with Crippen molar-refractivity contribution in [2.75, 3.05) is 19.6 Å². The molecule has 0 aliphatic carbocycles. The minimum atomic E-state index is 0.782. The molecule has 0 aromatic carbocycles. The third-order valence-corrected chi connectivity index (χ3v) is 4.75. The molecule has 1 heterocycles. The van der Waals surface area contributed by atoms with Gasteiger partial charge in [0.15, 0.2) is 0 Å². The second kappa shape index (κ2) is 16.5. The quantitative estimate of drug-likeness (QED) is 0.196. The maximum atomic E-state index is 3.53. The molecule has 1 aliphatic rings. The van der Waals surface area contributed by atoms with Gasteiger partial charge in [0, 0.05) is 19.1 Å². The molecule has 23 heavy (non-hydrogen) atoms. The normalized spacial score (nSPS) is 17.2. The Morgan fingerprint density at radius 2 is 1.30 bits per heavy atom. The van der Waals surface area contributed by atoms with E-state index < -0.39 is 0 Å². The Morgan fingerprint density at radius 1 is 0.783 bits per heavy atom. The zero-order chi connectivity index (χ0) is 16.4. The van der Waals surface area contributed by atoms with Crippen molar-refractivity contribution in [3.8, 4) is 0 Å². The Labute approximate surface area is 145 Å². The van der Waals surface area contributed by atoms with Crippen LogP contribution in [0, 0.1) is 0 Å². The second-order valence-electron chi connectivity index (χ2n) is 7.25. The first-order valence-corrected chi connectivity index (χ1v) is 10.5. The van der Waals surface area contributed by atoms with Crippen LogP contribution in [-0.4, -0.2) is 25.7 Å². The Kier molecular flexibility index (Phi) is 14.9. The van der Waals surface area contributed by atoms with Crippen molar-refractivity contribution in [2.24, 2.45) is 0 Å². The average Bonchev–Trinajstić information content (AvgIpc) is 3.38. The molecular formula is C21H42N2. The predicted molar refractivity (Wildman–Crippen MR) is 104 cm³/mol. The lowest BCUT2D eigenvalue weighted by atomic mass is 10.1. The molecule has 0 radical (unpaired) electrons. The van der Waals surface area contributed by atoms with Gasteiger partial charge in [-0.05, 0) is 38.6 Å². The topological polar surface area (TPSA) is 34.0 Å². The van der Waals surface area contributed by atoms with Crippen LogP contribution in [0.3, 0.4) is 0 Å². The molecule has 1 unspecified atom stereocenters. The molecule has 1 aliphatic heterocycles. The van der Waals surface area contributed by atoms with Crippen LogP contribution < -0.4 is 10.6 Å². The van der Waals surface area contributed by atoms with Crippen LogP contribution in [-0.2, 0) is 0 Å². The highest BCUT2D eigenvalue weighted by molar-refractivity contribution is 4.84. The van der Waals surface area contributed by atoms with Crippen LogP contribution in [0.4, 0.5) is 0 Å². The molecule has 0 amide bonds. The van der Waals surface area contributed by atoms with Crippen molar-refractivity contribution in [1.82, 2.24) is 10.6 Å². The maximum absolute atomic E-state index is 3.53. The molecule has 1 fully saturated rings. The third kappa shape index (κ3) is 16.3. The van der Waals surface area contributed by atoms with E-state index in [1.165, 1.54) is 110 Å². The third-order valence-electron chi connectivity index (χ3n) is 4.75. The molecule has 0 spiro atoms. The van der Waals surface area contributed by atoms with Crippen LogP contribution in [0.25, 0.3) is 0 Å². The number of rotatable bonds is 18. The number of hydrogen-bond donors (Lipinski definition) is 2. The molecule has 2 heteroatoms. The van der Waals surface area contributed by atoms with Gasteiger partial charge in [-0.3, -0.25) is 0 Å². The second-order valence-corrected chi connectivity index (χ2v) is 7.25. The molecule has 0 bridgehead atoms. The van der Waals surface area contributed by atoms with Gasteiger partial charge >= 0.3 is 0 Å². The number of hydrogen-bond acceptors (Lipinski definition) is 2. The van der Waals surface area contributed by atoms with Crippen molar-refractivity contribution in [3.63, 3.8) is 0 Å². The van der Waals surface area contributed by atoms with Gasteiger partial charge < -0.3 is 10.6 Å². The van der Waals surface area contributed by atoms with Gasteiger partial charge in [-0.25, -0.2) is 0 Å². The van der Waals surface area contributed by atoms with E-state index in [9.17, 15) is 0 Å². The van der Waals surface area contributed by atoms with Crippen molar-refractivity contribution in [3.05, 3.63) is 12.2 Å². The predicted octanol–water partition coefficient (Wildman–Crippen LogP) is 5.59. The van der Waals surface area contributed by atoms with Crippen molar-refractivity contribution < 1.29 is 0 Å². The number of nitrogens with one attached hydrogen (secondary N) is 2. The first-order valence-electron chi connectivity index (χ1n) is 10.5. The molecule has 0 aromatic heterocycles. The Balaban J connectivity index is 1.65. The van der Waals surface area contributed by atoms with Crippen molar-refractivity contribution in [2.45, 2.75) is 103 Å². The largest absolute Gasteiger partial charge is 0.315 e. The van der Waals surface area contributed by atoms with Crippen LogP contribution in [0.15, 0.2) is 12.2 Å². The minimum absolute atomic E-state index is 0.782. The first kappa shape index (κ1) is 20.7. The van der Waals surface area contributed by atoms with E-state index in [1.807, 2.05) is 0 Å². The Morgan fingerprint density at radius 3 is 1.87 bits per heavy atom. The molecular weight excluding hydrogens is 280 g/mol. The molecule has 0 aromatic rings. The SMILES string of the molecule is CCCCCCCC/C=C\CCCCCCCCNCC1CN1. The summed E-state index contributed by atoms with van der Waals surface area (Å²) in [6.07, 6.45) is 24.3. The lowest BCUT2D eigenvalue weighted by Crippen LogP contribution is -2.21. The molecule has 0 saturated carbocycles. The van der Waals surface area contributed by atoms with E-state index in [0.717, 1.165) is 6.04 Å². The fourth-order valence-electron chi connectivity index (χ4n) is 3.00. The summed E-state index contributed by atoms with van der Waals surface area (Å²) in [5.74, 6) is 0. The minimum Gasteiger partial charge on any atom is -0.315 e. The fourth-order valence-corrected chi connectivity index (χ4v) is 3.00. The Hall–Kier alpha value is -0.340. The van der Waals surface area contributed by atoms with Gasteiger partial charge in [0.1, 0.15) is 0 Å². The fraction of sp³-hybridized carbons (Fsp3) is 0.905. The summed E-state index contributed by atoms with van der Waals surface area (Å²) in [6, 6.07) is 0.782. The average molecular weight is 323 g/mol. The standard InChI is InChI=1S/C21H42N2/c1-2-3-4-5-6-7-8-9-10-11-12-13-14-15-16-17-18-22-19-21-20-23-21/h9-10,21-23H,2-8,11-20H2,1H3/b10-9-. The summed E-state index contributed by atoms with van der Waals surface area (Å²) in [5, 5.41) is 6.85. The van der Waals surface area contributed by atoms with E-state index in [0.29, 0.717) is 0 Å². The smallest absolute Gasteiger partial charge is 0.0318 e. The molecule has 2 N–H and O–H groups in total. The van der Waals surface area contributed by atoms with E-state index in [4.69, 9.17) is 0 Å². The highest BCUT2D eigenvalue weighted by atomic mass is 15.1. The van der Waals surface area contributed by atoms with Gasteiger partial charge in [-0.2, -0.15) is 0 Å². The van der Waals surface area contributed by atoms with Gasteiger partial charge in [-0.1, -0.05) is 76.9 Å². The summed E-state index contributed by atoms with van der Waals surface area (Å²) in [4.78, 5) is 0. The summed E-state index contributed by atoms with van der Waals surface area (Å²) < 4.78 is 0. The van der Waals surface area contributed by atoms with Gasteiger partial charge in [0.25, 0.3) is 0 Å². The lowest BCUT2D eigenvalue weighted by Gasteiger charge is -2.03. The zero-order valence-electron chi connectivity index (χ0n) is 15.8. The van der Waals surface area contributed by atoms with Crippen LogP contribution in [0.1, 0.15) is 96.8 Å². The summed E-state index contributed by atoms with van der Waals surface area (Å²) >= 11 is 0. The van der Waals surface area contributed by atoms with E-state index in [2.05, 4.69) is 29.7 Å². The Bertz CT molecular complexity index is 259. The van der Waals surface area contributed by atoms with E-state index in [1.54, 1.807) is 0 Å². The summed E-state index contributed by atoms with van der Waals surface area (Å²) in [7, 11) is 0. The maximum Gasteiger partial charge on any atom is 0.0318 e.